The van der Waals surface area contributed by atoms with E-state index in [1.54, 1.807) is 20.8 Å². The van der Waals surface area contributed by atoms with E-state index in [2.05, 4.69) is 5.48 Å². The van der Waals surface area contributed by atoms with Crippen LogP contribution < -0.4 is 19.4 Å². The van der Waals surface area contributed by atoms with Crippen LogP contribution in [0.15, 0.2) is 71.6 Å². The summed E-state index contributed by atoms with van der Waals surface area (Å²) < 4.78 is 92.9. The predicted octanol–water partition coefficient (Wildman–Crippen LogP) is 5.19. The van der Waals surface area contributed by atoms with Gasteiger partial charge in [0.1, 0.15) is 23.3 Å². The highest BCUT2D eigenvalue weighted by molar-refractivity contribution is 7.92. The molecule has 1 heterocycles. The maximum absolute atomic E-state index is 13.8. The smallest absolute Gasteiger partial charge is 0.416 e. The van der Waals surface area contributed by atoms with Gasteiger partial charge in [0.2, 0.25) is 0 Å². The molecule has 14 heteroatoms. The topological polar surface area (TPSA) is 111 Å². The zero-order valence-electron chi connectivity index (χ0n) is 23.3. The summed E-state index contributed by atoms with van der Waals surface area (Å²) in [5, 5.41) is 0. The zero-order valence-corrected chi connectivity index (χ0v) is 24.1. The number of rotatable bonds is 8. The fourth-order valence-electron chi connectivity index (χ4n) is 4.17. The third-order valence-electron chi connectivity index (χ3n) is 5.98. The van der Waals surface area contributed by atoms with Gasteiger partial charge < -0.3 is 14.3 Å². The number of sulfonamides is 1. The van der Waals surface area contributed by atoms with Crippen LogP contribution in [0.3, 0.4) is 0 Å². The van der Waals surface area contributed by atoms with Crippen LogP contribution in [0.4, 0.5) is 23.2 Å². The van der Waals surface area contributed by atoms with Crippen LogP contribution in [-0.4, -0.2) is 38.5 Å². The van der Waals surface area contributed by atoms with E-state index in [0.29, 0.717) is 11.6 Å². The molecule has 1 amide bonds. The second kappa shape index (κ2) is 12.1. The largest absolute Gasteiger partial charge is 0.486 e. The lowest BCUT2D eigenvalue weighted by Crippen LogP contribution is -2.45. The van der Waals surface area contributed by atoms with Crippen molar-refractivity contribution in [2.24, 2.45) is 0 Å². The van der Waals surface area contributed by atoms with Crippen LogP contribution in [0.2, 0.25) is 0 Å². The molecule has 1 atom stereocenters. The lowest BCUT2D eigenvalue weighted by Gasteiger charge is -2.35. The third-order valence-corrected chi connectivity index (χ3v) is 7.76. The molecule has 0 saturated carbocycles. The first-order chi connectivity index (χ1) is 20.0. The fraction of sp³-hybridized carbons (Fsp3) is 0.310. The highest BCUT2D eigenvalue weighted by Gasteiger charge is 2.38. The molecule has 0 radical (unpaired) electrons. The number of hydrogen-bond acceptors (Lipinski definition) is 7. The maximum atomic E-state index is 13.8. The molecule has 43 heavy (non-hydrogen) atoms. The molecule has 1 aliphatic rings. The van der Waals surface area contributed by atoms with Gasteiger partial charge >= 0.3 is 12.1 Å². The Bertz CT molecular complexity index is 1600. The second-order valence-corrected chi connectivity index (χ2v) is 12.5. The lowest BCUT2D eigenvalue weighted by molar-refractivity contribution is -0.154. The minimum atomic E-state index is -4.79. The Labute approximate surface area is 245 Å². The number of carbonyl (C=O) groups excluding carboxylic acids is 2. The molecule has 230 valence electrons. The summed E-state index contributed by atoms with van der Waals surface area (Å²) in [6.07, 6.45) is -6.49. The van der Waals surface area contributed by atoms with Gasteiger partial charge in [-0.1, -0.05) is 12.1 Å². The summed E-state index contributed by atoms with van der Waals surface area (Å²) in [5.74, 6) is -1.64. The first kappa shape index (κ1) is 31.6. The van der Waals surface area contributed by atoms with Gasteiger partial charge in [-0.05, 0) is 80.9 Å². The van der Waals surface area contributed by atoms with E-state index in [0.717, 1.165) is 34.6 Å². The molecule has 0 spiro atoms. The van der Waals surface area contributed by atoms with Gasteiger partial charge in [-0.2, -0.15) is 18.7 Å². The number of carbonyl (C=O) groups is 2. The molecule has 0 aliphatic carbocycles. The van der Waals surface area contributed by atoms with Gasteiger partial charge in [0.15, 0.2) is 5.75 Å². The first-order valence-corrected chi connectivity index (χ1v) is 14.4. The van der Waals surface area contributed by atoms with Crippen LogP contribution in [0.1, 0.15) is 38.3 Å². The van der Waals surface area contributed by atoms with Crippen molar-refractivity contribution in [1.82, 2.24) is 5.48 Å². The van der Waals surface area contributed by atoms with Gasteiger partial charge in [0.05, 0.1) is 35.5 Å². The van der Waals surface area contributed by atoms with Crippen molar-refractivity contribution in [3.05, 3.63) is 83.7 Å². The minimum Gasteiger partial charge on any atom is -0.486 e. The van der Waals surface area contributed by atoms with E-state index >= 15 is 0 Å². The number of esters is 1. The Hall–Kier alpha value is -4.33. The molecule has 0 unspecified atom stereocenters. The van der Waals surface area contributed by atoms with E-state index in [-0.39, 0.29) is 23.6 Å². The molecule has 0 aromatic heterocycles. The minimum absolute atomic E-state index is 0.0204. The Kier molecular flexibility index (Phi) is 8.90. The van der Waals surface area contributed by atoms with Crippen molar-refractivity contribution in [3.63, 3.8) is 0 Å². The average molecular weight is 625 g/mol. The standard InChI is InChI=1S/C29H28F4N2O7S/c1-28(2,3)41-27(37)14-18-7-12-25-24(13-18)35(43(38,39)23-6-4-5-19(15-23)29(31,32)33)17-22(40-25)16-26(36)34-42-21-10-8-20(30)9-11-21/h4-13,15,22H,14,16-17H2,1-3H3,(H,34,36)/t22-/m0/s1. The van der Waals surface area contributed by atoms with Crippen molar-refractivity contribution in [2.45, 2.75) is 56.4 Å². The number of hydrogen-bond donors (Lipinski definition) is 1. The first-order valence-electron chi connectivity index (χ1n) is 12.9. The van der Waals surface area contributed by atoms with Gasteiger partial charge in [-0.25, -0.2) is 12.8 Å². The number of amides is 1. The Morgan fingerprint density at radius 2 is 1.72 bits per heavy atom. The quantitative estimate of drug-likeness (QED) is 0.209. The maximum Gasteiger partial charge on any atom is 0.416 e. The van der Waals surface area contributed by atoms with Crippen LogP contribution in [0.25, 0.3) is 0 Å². The molecular weight excluding hydrogens is 596 g/mol. The molecule has 9 nitrogen and oxygen atoms in total. The number of nitrogens with one attached hydrogen (secondary N) is 1. The molecule has 4 rings (SSSR count). The van der Waals surface area contributed by atoms with Crippen molar-refractivity contribution in [1.29, 1.82) is 0 Å². The lowest BCUT2D eigenvalue weighted by atomic mass is 10.1. The van der Waals surface area contributed by atoms with Gasteiger partial charge in [0.25, 0.3) is 15.9 Å². The molecular formula is C29H28F4N2O7S. The molecule has 0 bridgehead atoms. The monoisotopic (exact) mass is 624 g/mol. The van der Waals surface area contributed by atoms with Crippen molar-refractivity contribution >= 4 is 27.6 Å². The van der Waals surface area contributed by atoms with E-state index in [9.17, 15) is 35.6 Å². The van der Waals surface area contributed by atoms with E-state index < -0.39 is 69.0 Å². The van der Waals surface area contributed by atoms with Gasteiger partial charge in [0, 0.05) is 0 Å². The number of benzene rings is 3. The third kappa shape index (κ3) is 8.15. The summed E-state index contributed by atoms with van der Waals surface area (Å²) in [7, 11) is -4.62. The summed E-state index contributed by atoms with van der Waals surface area (Å²) in [6, 6.07) is 12.4. The van der Waals surface area contributed by atoms with Crippen LogP contribution in [0, 0.1) is 5.82 Å². The van der Waals surface area contributed by atoms with Crippen LogP contribution in [-0.2, 0) is 36.9 Å². The molecule has 0 saturated heterocycles. The van der Waals surface area contributed by atoms with E-state index in [1.165, 1.54) is 30.3 Å². The number of anilines is 1. The summed E-state index contributed by atoms with van der Waals surface area (Å²) in [6.45, 7) is 4.62. The van der Waals surface area contributed by atoms with Gasteiger partial charge in [-0.3, -0.25) is 13.9 Å². The van der Waals surface area contributed by atoms with Crippen LogP contribution >= 0.6 is 0 Å². The van der Waals surface area contributed by atoms with E-state index in [1.807, 2.05) is 0 Å². The number of ether oxygens (including phenoxy) is 2. The predicted molar refractivity (Wildman–Crippen MR) is 146 cm³/mol. The molecule has 3 aromatic carbocycles. The second-order valence-electron chi connectivity index (χ2n) is 10.7. The summed E-state index contributed by atoms with van der Waals surface area (Å²) >= 11 is 0. The fourth-order valence-corrected chi connectivity index (χ4v) is 5.72. The number of hydroxylamine groups is 1. The Balaban J connectivity index is 1.63. The van der Waals surface area contributed by atoms with E-state index in [4.69, 9.17) is 14.3 Å². The molecule has 3 aromatic rings. The average Bonchev–Trinajstić information content (AvgIpc) is 2.91. The molecule has 0 fully saturated rings. The number of alkyl halides is 3. The molecule has 1 aliphatic heterocycles. The number of halogens is 4. The molecule has 1 N–H and O–H groups in total. The van der Waals surface area contributed by atoms with Crippen molar-refractivity contribution in [2.75, 3.05) is 10.8 Å². The number of nitrogens with zero attached hydrogens (tertiary/aromatic N) is 1. The Morgan fingerprint density at radius 1 is 1.02 bits per heavy atom. The van der Waals surface area contributed by atoms with Crippen molar-refractivity contribution in [3.8, 4) is 11.5 Å². The SMILES string of the molecule is CC(C)(C)OC(=O)Cc1ccc2c(c1)N(S(=O)(=O)c1cccc(C(F)(F)F)c1)C[C@H](CC(=O)NOc1ccc(F)cc1)O2. The van der Waals surface area contributed by atoms with Gasteiger partial charge in [-0.15, -0.1) is 0 Å². The summed E-state index contributed by atoms with van der Waals surface area (Å²) in [5.41, 5.74) is 0.578. The Morgan fingerprint density at radius 3 is 2.37 bits per heavy atom. The number of fused-ring (bicyclic) bond motifs is 1. The van der Waals surface area contributed by atoms with Crippen LogP contribution in [0.5, 0.6) is 11.5 Å². The zero-order chi connectivity index (χ0) is 31.6. The van der Waals surface area contributed by atoms with Crippen molar-refractivity contribution < 1.29 is 49.9 Å². The summed E-state index contributed by atoms with van der Waals surface area (Å²) in [4.78, 5) is 29.5. The highest BCUT2D eigenvalue weighted by Crippen LogP contribution is 2.39. The highest BCUT2D eigenvalue weighted by atomic mass is 32.2. The normalized spacial score (nSPS) is 15.2.